The van der Waals surface area contributed by atoms with Crippen molar-refractivity contribution in [3.05, 3.63) is 48.0 Å². The zero-order valence-corrected chi connectivity index (χ0v) is 9.15. The minimum Gasteiger partial charge on any atom is -0.392 e. The predicted molar refractivity (Wildman–Crippen MR) is 58.4 cm³/mol. The van der Waals surface area contributed by atoms with Crippen molar-refractivity contribution in [2.24, 2.45) is 0 Å². The molecule has 0 saturated heterocycles. The van der Waals surface area contributed by atoms with Crippen molar-refractivity contribution < 1.29 is 18.3 Å². The van der Waals surface area contributed by atoms with Crippen molar-refractivity contribution in [1.29, 1.82) is 0 Å². The van der Waals surface area contributed by atoms with Gasteiger partial charge in [-0.15, -0.1) is 0 Å². The van der Waals surface area contributed by atoms with E-state index in [1.54, 1.807) is 6.07 Å². The van der Waals surface area contributed by atoms with Gasteiger partial charge in [0.2, 0.25) is 0 Å². The predicted octanol–water partition coefficient (Wildman–Crippen LogP) is 2.65. The highest BCUT2D eigenvalue weighted by Crippen LogP contribution is 2.28. The molecule has 0 unspecified atom stereocenters. The van der Waals surface area contributed by atoms with E-state index < -0.39 is 11.9 Å². The Morgan fingerprint density at radius 2 is 1.83 bits per heavy atom. The Morgan fingerprint density at radius 1 is 1.06 bits per heavy atom. The van der Waals surface area contributed by atoms with Crippen LogP contribution in [-0.4, -0.2) is 15.1 Å². The minimum atomic E-state index is -4.44. The van der Waals surface area contributed by atoms with Gasteiger partial charge in [-0.2, -0.15) is 13.2 Å². The van der Waals surface area contributed by atoms with E-state index in [2.05, 4.69) is 9.97 Å². The van der Waals surface area contributed by atoms with Gasteiger partial charge in [0.1, 0.15) is 5.69 Å². The summed E-state index contributed by atoms with van der Waals surface area (Å²) in [5, 5.41) is 8.96. The number of nitrogens with zero attached hydrogens (tertiary/aromatic N) is 2. The number of aliphatic hydroxyl groups excluding tert-OH is 1. The van der Waals surface area contributed by atoms with Crippen LogP contribution in [0.2, 0.25) is 0 Å². The first-order chi connectivity index (χ1) is 8.50. The second-order valence-electron chi connectivity index (χ2n) is 3.67. The minimum absolute atomic E-state index is 0.172. The van der Waals surface area contributed by atoms with Gasteiger partial charge in [-0.3, -0.25) is 9.97 Å². The van der Waals surface area contributed by atoms with Crippen molar-refractivity contribution in [2.45, 2.75) is 12.8 Å². The number of hydrogen-bond donors (Lipinski definition) is 1. The fraction of sp³-hybridized carbons (Fsp3) is 0.167. The summed E-state index contributed by atoms with van der Waals surface area (Å²) in [6.45, 7) is -0.172. The number of halogens is 3. The van der Waals surface area contributed by atoms with Crippen LogP contribution in [0.4, 0.5) is 13.2 Å². The molecule has 2 aromatic rings. The van der Waals surface area contributed by atoms with E-state index in [1.807, 2.05) is 0 Å². The molecule has 1 N–H and O–H groups in total. The molecule has 0 fully saturated rings. The summed E-state index contributed by atoms with van der Waals surface area (Å²) in [5.74, 6) is 0. The number of aromatic nitrogens is 2. The number of hydrogen-bond acceptors (Lipinski definition) is 3. The van der Waals surface area contributed by atoms with Crippen LogP contribution in [0.15, 0.2) is 36.8 Å². The summed E-state index contributed by atoms with van der Waals surface area (Å²) in [7, 11) is 0. The molecule has 0 spiro atoms. The lowest BCUT2D eigenvalue weighted by Crippen LogP contribution is -2.07. The van der Waals surface area contributed by atoms with E-state index in [0.717, 1.165) is 12.3 Å². The van der Waals surface area contributed by atoms with E-state index >= 15 is 0 Å². The second kappa shape index (κ2) is 4.73. The fourth-order valence-corrected chi connectivity index (χ4v) is 1.46. The van der Waals surface area contributed by atoms with E-state index in [9.17, 15) is 13.2 Å². The molecule has 6 heteroatoms. The van der Waals surface area contributed by atoms with E-state index in [4.69, 9.17) is 5.11 Å². The monoisotopic (exact) mass is 254 g/mol. The first-order valence-electron chi connectivity index (χ1n) is 5.09. The van der Waals surface area contributed by atoms with Crippen molar-refractivity contribution in [3.63, 3.8) is 0 Å². The normalized spacial score (nSPS) is 11.6. The third-order valence-corrected chi connectivity index (χ3v) is 2.36. The molecule has 0 aromatic carbocycles. The molecule has 0 aliphatic heterocycles. The maximum Gasteiger partial charge on any atom is 0.433 e. The highest BCUT2D eigenvalue weighted by molar-refractivity contribution is 5.62. The molecule has 0 radical (unpaired) electrons. The molecular weight excluding hydrogens is 245 g/mol. The second-order valence-corrected chi connectivity index (χ2v) is 3.67. The molecule has 2 aromatic heterocycles. The Hall–Kier alpha value is -1.95. The quantitative estimate of drug-likeness (QED) is 0.896. The van der Waals surface area contributed by atoms with Gasteiger partial charge in [0.05, 0.1) is 6.61 Å². The van der Waals surface area contributed by atoms with Gasteiger partial charge in [-0.05, 0) is 17.7 Å². The summed E-state index contributed by atoms with van der Waals surface area (Å²) in [6.07, 6.45) is -0.310. The molecule has 3 nitrogen and oxygen atoms in total. The van der Waals surface area contributed by atoms with Crippen LogP contribution in [0, 0.1) is 0 Å². The molecule has 0 saturated carbocycles. The zero-order chi connectivity index (χ0) is 13.2. The van der Waals surface area contributed by atoms with Crippen molar-refractivity contribution in [2.75, 3.05) is 0 Å². The summed E-state index contributed by atoms with van der Waals surface area (Å²) in [5.41, 5.74) is 0.790. The third-order valence-electron chi connectivity index (χ3n) is 2.36. The first-order valence-corrected chi connectivity index (χ1v) is 5.09. The molecule has 18 heavy (non-hydrogen) atoms. The molecule has 0 aliphatic carbocycles. The number of rotatable bonds is 2. The van der Waals surface area contributed by atoms with E-state index in [-0.39, 0.29) is 6.61 Å². The average Bonchev–Trinajstić information content (AvgIpc) is 2.38. The van der Waals surface area contributed by atoms with Crippen LogP contribution < -0.4 is 0 Å². The number of alkyl halides is 3. The van der Waals surface area contributed by atoms with Crippen LogP contribution in [0.25, 0.3) is 11.1 Å². The lowest BCUT2D eigenvalue weighted by molar-refractivity contribution is -0.141. The van der Waals surface area contributed by atoms with Crippen molar-refractivity contribution in [1.82, 2.24) is 9.97 Å². The van der Waals surface area contributed by atoms with Gasteiger partial charge in [0.15, 0.2) is 0 Å². The zero-order valence-electron chi connectivity index (χ0n) is 9.15. The molecule has 94 valence electrons. The van der Waals surface area contributed by atoms with Crippen LogP contribution in [0.3, 0.4) is 0 Å². The molecule has 0 atom stereocenters. The van der Waals surface area contributed by atoms with Gasteiger partial charge in [0.25, 0.3) is 0 Å². The van der Waals surface area contributed by atoms with Gasteiger partial charge < -0.3 is 5.11 Å². The summed E-state index contributed by atoms with van der Waals surface area (Å²) in [4.78, 5) is 7.26. The third kappa shape index (κ3) is 2.65. The molecule has 2 rings (SSSR count). The largest absolute Gasteiger partial charge is 0.433 e. The van der Waals surface area contributed by atoms with Gasteiger partial charge in [-0.25, -0.2) is 0 Å². The smallest absolute Gasteiger partial charge is 0.392 e. The number of pyridine rings is 2. The lowest BCUT2D eigenvalue weighted by atomic mass is 10.1. The van der Waals surface area contributed by atoms with Crippen LogP contribution >= 0.6 is 0 Å². The Morgan fingerprint density at radius 3 is 2.39 bits per heavy atom. The Labute approximate surface area is 101 Å². The van der Waals surface area contributed by atoms with Crippen LogP contribution in [-0.2, 0) is 12.8 Å². The molecular formula is C12H9F3N2O. The Balaban J connectivity index is 2.34. The highest BCUT2D eigenvalue weighted by Gasteiger charge is 2.32. The summed E-state index contributed by atoms with van der Waals surface area (Å²) >= 11 is 0. The summed E-state index contributed by atoms with van der Waals surface area (Å²) < 4.78 is 37.0. The first kappa shape index (κ1) is 12.5. The van der Waals surface area contributed by atoms with E-state index in [0.29, 0.717) is 16.7 Å². The van der Waals surface area contributed by atoms with Crippen LogP contribution in [0.5, 0.6) is 0 Å². The molecule has 2 heterocycles. The standard InChI is InChI=1S/C12H9F3N2O/c13-12(14,15)11-2-1-9(6-17-11)10-3-8(7-18)4-16-5-10/h1-6,18H,7H2. The topological polar surface area (TPSA) is 46.0 Å². The fourth-order valence-electron chi connectivity index (χ4n) is 1.46. The molecule has 0 amide bonds. The molecule has 0 aliphatic rings. The van der Waals surface area contributed by atoms with Gasteiger partial charge >= 0.3 is 6.18 Å². The van der Waals surface area contributed by atoms with Crippen molar-refractivity contribution in [3.8, 4) is 11.1 Å². The SMILES string of the molecule is OCc1cncc(-c2ccc(C(F)(F)F)nc2)c1. The summed E-state index contributed by atoms with van der Waals surface area (Å²) in [6, 6.07) is 3.90. The maximum absolute atomic E-state index is 12.3. The Kier molecular flexibility index (Phi) is 3.29. The van der Waals surface area contributed by atoms with Crippen molar-refractivity contribution >= 4 is 0 Å². The highest BCUT2D eigenvalue weighted by atomic mass is 19.4. The average molecular weight is 254 g/mol. The van der Waals surface area contributed by atoms with Crippen LogP contribution in [0.1, 0.15) is 11.3 Å². The molecule has 0 bridgehead atoms. The van der Waals surface area contributed by atoms with Gasteiger partial charge in [0, 0.05) is 29.7 Å². The van der Waals surface area contributed by atoms with E-state index in [1.165, 1.54) is 18.5 Å². The number of aliphatic hydroxyl groups is 1. The maximum atomic E-state index is 12.3. The van der Waals surface area contributed by atoms with Gasteiger partial charge in [-0.1, -0.05) is 6.07 Å². The lowest BCUT2D eigenvalue weighted by Gasteiger charge is -2.07. The Bertz CT molecular complexity index is 538.